The highest BCUT2D eigenvalue weighted by atomic mass is 16.5. The normalized spacial score (nSPS) is 25.3. The van der Waals surface area contributed by atoms with Gasteiger partial charge in [-0.2, -0.15) is 0 Å². The molecule has 0 amide bonds. The Bertz CT molecular complexity index is 2170. The zero-order chi connectivity index (χ0) is 29.5. The highest BCUT2D eigenvalue weighted by molar-refractivity contribution is 6.08. The van der Waals surface area contributed by atoms with Gasteiger partial charge in [0, 0.05) is 62.4 Å². The molecule has 1 aromatic heterocycles. The summed E-state index contributed by atoms with van der Waals surface area (Å²) < 4.78 is 9.24. The van der Waals surface area contributed by atoms with E-state index in [1.54, 1.807) is 0 Å². The molecule has 0 radical (unpaired) electrons. The van der Waals surface area contributed by atoms with Gasteiger partial charge in [-0.15, -0.1) is 0 Å². The molecule has 0 saturated carbocycles. The molecule has 0 saturated heterocycles. The smallest absolute Gasteiger partial charge is 0.132 e. The number of aromatic nitrogens is 1. The fraction of sp³-hybridized carbons (Fsp3) is 0.143. The van der Waals surface area contributed by atoms with Crippen molar-refractivity contribution in [1.82, 2.24) is 4.57 Å². The van der Waals surface area contributed by atoms with Gasteiger partial charge in [-0.3, -0.25) is 0 Å². The summed E-state index contributed by atoms with van der Waals surface area (Å²) >= 11 is 0. The predicted octanol–water partition coefficient (Wildman–Crippen LogP) is 9.92. The third-order valence-corrected chi connectivity index (χ3v) is 10.4. The van der Waals surface area contributed by atoms with Crippen LogP contribution in [0.1, 0.15) is 35.4 Å². The van der Waals surface area contributed by atoms with Crippen molar-refractivity contribution in [3.63, 3.8) is 0 Å². The number of nitrogens with zero attached hydrogens (tertiary/aromatic N) is 2. The van der Waals surface area contributed by atoms with Crippen molar-refractivity contribution in [2.24, 2.45) is 0 Å². The van der Waals surface area contributed by atoms with Gasteiger partial charge in [0.2, 0.25) is 0 Å². The third-order valence-electron chi connectivity index (χ3n) is 10.4. The lowest BCUT2D eigenvalue weighted by Gasteiger charge is -2.35. The summed E-state index contributed by atoms with van der Waals surface area (Å²) in [5.74, 6) is 1.60. The lowest BCUT2D eigenvalue weighted by Crippen LogP contribution is -2.34. The number of hydrogen-bond acceptors (Lipinski definition) is 2. The fourth-order valence-corrected chi connectivity index (χ4v) is 8.52. The van der Waals surface area contributed by atoms with E-state index in [1.165, 1.54) is 55.4 Å². The van der Waals surface area contributed by atoms with Gasteiger partial charge in [-0.1, -0.05) is 127 Å². The second-order valence-corrected chi connectivity index (χ2v) is 12.7. The molecular weight excluding hydrogens is 548 g/mol. The average molecular weight is 581 g/mol. The fourth-order valence-electron chi connectivity index (χ4n) is 8.52. The summed E-state index contributed by atoms with van der Waals surface area (Å²) in [6, 6.07) is 31.7. The van der Waals surface area contributed by atoms with E-state index in [0.29, 0.717) is 5.92 Å². The van der Waals surface area contributed by atoms with Crippen LogP contribution in [0.15, 0.2) is 157 Å². The molecule has 10 rings (SSSR count). The van der Waals surface area contributed by atoms with Gasteiger partial charge in [0.15, 0.2) is 0 Å². The van der Waals surface area contributed by atoms with Gasteiger partial charge >= 0.3 is 0 Å². The first-order valence-electron chi connectivity index (χ1n) is 16.1. The largest absolute Gasteiger partial charge is 0.484 e. The van der Waals surface area contributed by atoms with Gasteiger partial charge in [-0.05, 0) is 29.8 Å². The Morgan fingerprint density at radius 3 is 2.09 bits per heavy atom. The van der Waals surface area contributed by atoms with E-state index in [0.717, 1.165) is 12.2 Å². The van der Waals surface area contributed by atoms with Crippen LogP contribution in [0.5, 0.6) is 5.75 Å². The Morgan fingerprint density at radius 1 is 0.578 bits per heavy atom. The molecule has 0 bridgehead atoms. The molecule has 3 heteroatoms. The summed E-state index contributed by atoms with van der Waals surface area (Å²) in [6.07, 6.45) is 25.9. The van der Waals surface area contributed by atoms with Crippen LogP contribution in [0.2, 0.25) is 0 Å². The Hall–Kier alpha value is -5.28. The Morgan fingerprint density at radius 2 is 1.27 bits per heavy atom. The Balaban J connectivity index is 1.12. The molecule has 45 heavy (non-hydrogen) atoms. The molecule has 5 aliphatic rings. The molecule has 0 fully saturated rings. The van der Waals surface area contributed by atoms with Crippen LogP contribution in [0.3, 0.4) is 0 Å². The molecule has 2 aliphatic heterocycles. The summed E-state index contributed by atoms with van der Waals surface area (Å²) in [6.45, 7) is 0. The maximum atomic E-state index is 6.69. The third kappa shape index (κ3) is 3.58. The summed E-state index contributed by atoms with van der Waals surface area (Å²) in [5, 5.41) is 2.63. The zero-order valence-corrected chi connectivity index (χ0v) is 24.8. The van der Waals surface area contributed by atoms with Crippen LogP contribution in [0.25, 0.3) is 32.9 Å². The quantitative estimate of drug-likeness (QED) is 0.211. The first-order chi connectivity index (χ1) is 22.3. The minimum atomic E-state index is 0.0608. The van der Waals surface area contributed by atoms with Crippen LogP contribution >= 0.6 is 0 Å². The number of ether oxygens (including phenoxy) is 1. The first kappa shape index (κ1) is 25.1. The van der Waals surface area contributed by atoms with Crippen molar-refractivity contribution in [3.05, 3.63) is 169 Å². The van der Waals surface area contributed by atoms with Crippen molar-refractivity contribution in [1.29, 1.82) is 0 Å². The minimum absolute atomic E-state index is 0.0608. The molecule has 0 N–H and O–H groups in total. The van der Waals surface area contributed by atoms with E-state index >= 15 is 0 Å². The number of anilines is 1. The SMILES string of the molecule is C1=CC2Oc3c(-c4cccc5c4N(C4=CC=CC(n6c7ccccc7c7ccccc76)C4)C4C=CC=CC54)cccc3C2C=C1. The van der Waals surface area contributed by atoms with Crippen molar-refractivity contribution in [2.75, 3.05) is 4.90 Å². The van der Waals surface area contributed by atoms with Crippen molar-refractivity contribution < 1.29 is 4.74 Å². The number of hydrogen-bond donors (Lipinski definition) is 0. The number of allylic oxidation sites excluding steroid dienone is 8. The van der Waals surface area contributed by atoms with Crippen molar-refractivity contribution >= 4 is 27.5 Å². The molecule has 3 aliphatic carbocycles. The molecule has 0 spiro atoms. The summed E-state index contributed by atoms with van der Waals surface area (Å²) in [5.41, 5.74) is 10.3. The highest BCUT2D eigenvalue weighted by Gasteiger charge is 2.42. The molecule has 5 atom stereocenters. The van der Waals surface area contributed by atoms with Gasteiger partial charge < -0.3 is 14.2 Å². The lowest BCUT2D eigenvalue weighted by atomic mass is 9.88. The Labute approximate surface area is 263 Å². The number of para-hydroxylation sites is 4. The molecule has 5 aromatic rings. The standard InChI is InChI=1S/C42H32N2O/c1-5-22-37-29(14-1)30-15-2-6-23-38(30)43(37)27-12-9-13-28(26-27)44-39-24-7-3-16-31(39)33-18-10-19-34(41(33)44)36-21-11-20-35-32-17-4-8-25-40(32)45-42(35)36/h1-25,27,31-32,39-40H,26H2. The second kappa shape index (κ2) is 9.61. The number of rotatable bonds is 3. The topological polar surface area (TPSA) is 17.4 Å². The van der Waals surface area contributed by atoms with Gasteiger partial charge in [0.25, 0.3) is 0 Å². The molecule has 5 unspecified atom stereocenters. The van der Waals surface area contributed by atoms with Crippen molar-refractivity contribution in [2.45, 2.75) is 36.4 Å². The molecular formula is C42H32N2O. The highest BCUT2D eigenvalue weighted by Crippen LogP contribution is 2.55. The van der Waals surface area contributed by atoms with Gasteiger partial charge in [0.1, 0.15) is 11.9 Å². The minimum Gasteiger partial charge on any atom is -0.484 e. The van der Waals surface area contributed by atoms with E-state index in [4.69, 9.17) is 4.74 Å². The number of fused-ring (bicyclic) bond motifs is 9. The zero-order valence-electron chi connectivity index (χ0n) is 24.8. The van der Waals surface area contributed by atoms with E-state index in [1.807, 2.05) is 0 Å². The molecule has 3 heterocycles. The summed E-state index contributed by atoms with van der Waals surface area (Å²) in [4.78, 5) is 2.64. The van der Waals surface area contributed by atoms with Crippen LogP contribution in [-0.2, 0) is 0 Å². The predicted molar refractivity (Wildman–Crippen MR) is 185 cm³/mol. The monoisotopic (exact) mass is 580 g/mol. The van der Waals surface area contributed by atoms with Crippen LogP contribution < -0.4 is 9.64 Å². The molecule has 3 nitrogen and oxygen atoms in total. The van der Waals surface area contributed by atoms with E-state index in [-0.39, 0.29) is 24.1 Å². The average Bonchev–Trinajstić information content (AvgIpc) is 3.76. The second-order valence-electron chi connectivity index (χ2n) is 12.7. The first-order valence-corrected chi connectivity index (χ1v) is 16.1. The van der Waals surface area contributed by atoms with Crippen LogP contribution in [0, 0.1) is 0 Å². The molecule has 216 valence electrons. The van der Waals surface area contributed by atoms with E-state index in [9.17, 15) is 0 Å². The maximum Gasteiger partial charge on any atom is 0.132 e. The Kier molecular flexibility index (Phi) is 5.36. The van der Waals surface area contributed by atoms with Crippen LogP contribution in [-0.4, -0.2) is 16.7 Å². The van der Waals surface area contributed by atoms with Gasteiger partial charge in [0.05, 0.1) is 17.8 Å². The molecule has 4 aromatic carbocycles. The maximum absolute atomic E-state index is 6.69. The van der Waals surface area contributed by atoms with Gasteiger partial charge in [-0.25, -0.2) is 0 Å². The van der Waals surface area contributed by atoms with E-state index in [2.05, 4.69) is 161 Å². The lowest BCUT2D eigenvalue weighted by molar-refractivity contribution is 0.270. The summed E-state index contributed by atoms with van der Waals surface area (Å²) in [7, 11) is 0. The van der Waals surface area contributed by atoms with Crippen LogP contribution in [0.4, 0.5) is 5.69 Å². The number of benzene rings is 4. The van der Waals surface area contributed by atoms with E-state index < -0.39 is 0 Å². The van der Waals surface area contributed by atoms with Crippen molar-refractivity contribution in [3.8, 4) is 16.9 Å².